The maximum Gasteiger partial charge on any atom is 0.338 e. The van der Waals surface area contributed by atoms with Crippen molar-refractivity contribution in [3.8, 4) is 17.2 Å². The monoisotopic (exact) mass is 662 g/mol. The fourth-order valence-electron chi connectivity index (χ4n) is 4.86. The number of nitrogens with zero attached hydrogens (tertiary/aromatic N) is 2. The van der Waals surface area contributed by atoms with Crippen molar-refractivity contribution in [3.63, 3.8) is 0 Å². The number of methoxy groups -OCH3 is 1. The van der Waals surface area contributed by atoms with Gasteiger partial charge in [0, 0.05) is 4.47 Å². The number of carbonyl (C=O) groups excluding carboxylic acids is 1. The number of halogens is 1. The highest BCUT2D eigenvalue weighted by atomic mass is 79.9. The van der Waals surface area contributed by atoms with Crippen LogP contribution in [0.2, 0.25) is 0 Å². The number of thiazole rings is 1. The summed E-state index contributed by atoms with van der Waals surface area (Å²) in [6.07, 6.45) is 1.81. The van der Waals surface area contributed by atoms with Gasteiger partial charge in [0.15, 0.2) is 16.3 Å². The van der Waals surface area contributed by atoms with Gasteiger partial charge in [-0.15, -0.1) is 0 Å². The van der Waals surface area contributed by atoms with Gasteiger partial charge < -0.3 is 18.9 Å². The highest BCUT2D eigenvalue weighted by Crippen LogP contribution is 2.41. The zero-order valence-corrected chi connectivity index (χ0v) is 26.7. The Morgan fingerprint density at radius 2 is 1.81 bits per heavy atom. The lowest BCUT2D eigenvalue weighted by molar-refractivity contribution is -0.139. The molecule has 0 spiro atoms. The van der Waals surface area contributed by atoms with Gasteiger partial charge in [-0.3, -0.25) is 9.36 Å². The fourth-order valence-corrected chi connectivity index (χ4v) is 6.45. The third-order valence-electron chi connectivity index (χ3n) is 6.80. The number of benzene rings is 3. The first-order valence-corrected chi connectivity index (χ1v) is 15.4. The molecule has 1 atom stereocenters. The summed E-state index contributed by atoms with van der Waals surface area (Å²) in [6.45, 7) is 6.44. The van der Waals surface area contributed by atoms with Gasteiger partial charge in [-0.1, -0.05) is 69.7 Å². The minimum Gasteiger partial charge on any atom is -0.493 e. The summed E-state index contributed by atoms with van der Waals surface area (Å²) in [5.74, 6) is 1.17. The molecule has 4 aromatic rings. The molecule has 222 valence electrons. The Labute approximate surface area is 261 Å². The maximum atomic E-state index is 14.1. The van der Waals surface area contributed by atoms with Crippen LogP contribution in [0.1, 0.15) is 43.5 Å². The summed E-state index contributed by atoms with van der Waals surface area (Å²) in [5, 5.41) is 0. The molecule has 3 aromatic carbocycles. The van der Waals surface area contributed by atoms with E-state index >= 15 is 0 Å². The Kier molecular flexibility index (Phi) is 9.47. The van der Waals surface area contributed by atoms with E-state index in [1.165, 1.54) is 11.3 Å². The fraction of sp³-hybridized carbons (Fsp3) is 0.242. The zero-order valence-electron chi connectivity index (χ0n) is 24.3. The summed E-state index contributed by atoms with van der Waals surface area (Å²) < 4.78 is 25.4. The molecule has 0 radical (unpaired) electrons. The normalized spacial score (nSPS) is 14.6. The van der Waals surface area contributed by atoms with Crippen LogP contribution in [-0.4, -0.2) is 30.9 Å². The molecule has 0 amide bonds. The van der Waals surface area contributed by atoms with Gasteiger partial charge >= 0.3 is 5.97 Å². The molecule has 0 saturated carbocycles. The molecule has 1 aliphatic rings. The molecule has 1 aromatic heterocycles. The molecule has 43 heavy (non-hydrogen) atoms. The van der Waals surface area contributed by atoms with E-state index in [1.807, 2.05) is 67.6 Å². The van der Waals surface area contributed by atoms with Gasteiger partial charge in [0.1, 0.15) is 12.4 Å². The lowest BCUT2D eigenvalue weighted by atomic mass is 9.95. The molecular formula is C33H31BrN2O6S. The zero-order chi connectivity index (χ0) is 30.5. The van der Waals surface area contributed by atoms with Crippen molar-refractivity contribution >= 4 is 39.3 Å². The first-order chi connectivity index (χ1) is 20.8. The summed E-state index contributed by atoms with van der Waals surface area (Å²) in [5.41, 5.74) is 2.99. The van der Waals surface area contributed by atoms with Crippen molar-refractivity contribution in [2.75, 3.05) is 20.3 Å². The predicted molar refractivity (Wildman–Crippen MR) is 169 cm³/mol. The number of carbonyl (C=O) groups is 1. The summed E-state index contributed by atoms with van der Waals surface area (Å²) in [4.78, 5) is 32.5. The maximum absolute atomic E-state index is 14.1. The number of hydrogen-bond acceptors (Lipinski definition) is 8. The second kappa shape index (κ2) is 13.4. The first kappa shape index (κ1) is 30.3. The lowest BCUT2D eigenvalue weighted by Crippen LogP contribution is -2.40. The summed E-state index contributed by atoms with van der Waals surface area (Å²) >= 11 is 4.91. The van der Waals surface area contributed by atoms with Crippen LogP contribution in [0.25, 0.3) is 6.08 Å². The van der Waals surface area contributed by atoms with Gasteiger partial charge in [-0.25, -0.2) is 9.79 Å². The van der Waals surface area contributed by atoms with Crippen LogP contribution >= 0.6 is 27.3 Å². The van der Waals surface area contributed by atoms with E-state index in [0.717, 1.165) is 11.1 Å². The Bertz CT molecular complexity index is 1860. The van der Waals surface area contributed by atoms with Gasteiger partial charge in [0.2, 0.25) is 0 Å². The average Bonchev–Trinajstić information content (AvgIpc) is 3.30. The van der Waals surface area contributed by atoms with Crippen molar-refractivity contribution in [1.29, 1.82) is 0 Å². The summed E-state index contributed by atoms with van der Waals surface area (Å²) in [7, 11) is 1.55. The first-order valence-electron chi connectivity index (χ1n) is 13.8. The number of allylic oxidation sites excluding steroid dienone is 1. The molecule has 1 aliphatic heterocycles. The van der Waals surface area contributed by atoms with Crippen LogP contribution in [-0.2, 0) is 16.1 Å². The van der Waals surface area contributed by atoms with Crippen LogP contribution < -0.4 is 29.1 Å². The van der Waals surface area contributed by atoms with Crippen molar-refractivity contribution in [2.45, 2.75) is 33.4 Å². The third-order valence-corrected chi connectivity index (χ3v) is 8.47. The van der Waals surface area contributed by atoms with E-state index in [4.69, 9.17) is 18.9 Å². The quantitative estimate of drug-likeness (QED) is 0.207. The van der Waals surface area contributed by atoms with E-state index in [-0.39, 0.29) is 17.7 Å². The second-order valence-electron chi connectivity index (χ2n) is 9.61. The van der Waals surface area contributed by atoms with Gasteiger partial charge in [-0.05, 0) is 67.8 Å². The highest BCUT2D eigenvalue weighted by molar-refractivity contribution is 9.10. The van der Waals surface area contributed by atoms with Crippen LogP contribution in [0.4, 0.5) is 0 Å². The minimum absolute atomic E-state index is 0.184. The van der Waals surface area contributed by atoms with Crippen molar-refractivity contribution in [3.05, 3.63) is 119 Å². The van der Waals surface area contributed by atoms with Gasteiger partial charge in [0.25, 0.3) is 5.56 Å². The van der Waals surface area contributed by atoms with E-state index in [2.05, 4.69) is 20.9 Å². The van der Waals surface area contributed by atoms with Crippen LogP contribution in [0, 0.1) is 0 Å². The van der Waals surface area contributed by atoms with Crippen LogP contribution in [0.3, 0.4) is 0 Å². The molecule has 0 saturated heterocycles. The molecule has 0 unspecified atom stereocenters. The van der Waals surface area contributed by atoms with E-state index in [9.17, 15) is 9.59 Å². The Balaban J connectivity index is 1.61. The molecule has 0 fully saturated rings. The number of ether oxygens (including phenoxy) is 4. The minimum atomic E-state index is -0.808. The molecule has 10 heteroatoms. The highest BCUT2D eigenvalue weighted by Gasteiger charge is 2.35. The van der Waals surface area contributed by atoms with Crippen molar-refractivity contribution < 1.29 is 23.7 Å². The topological polar surface area (TPSA) is 88.4 Å². The SMILES string of the molecule is CCOC(=O)C1=C(C)N=c2s/c(=C/c3cccc(OCc4ccccc4)c3)c(=O)n2[C@@H]1c1cc(OC)c(OCC)cc1Br. The van der Waals surface area contributed by atoms with Gasteiger partial charge in [-0.2, -0.15) is 0 Å². The lowest BCUT2D eigenvalue weighted by Gasteiger charge is -2.26. The summed E-state index contributed by atoms with van der Waals surface area (Å²) in [6, 6.07) is 20.2. The number of aromatic nitrogens is 1. The van der Waals surface area contributed by atoms with Crippen LogP contribution in [0.15, 0.2) is 92.3 Å². The third kappa shape index (κ3) is 6.45. The molecule has 0 aliphatic carbocycles. The average molecular weight is 664 g/mol. The smallest absolute Gasteiger partial charge is 0.338 e. The Hall–Kier alpha value is -4.15. The predicted octanol–water partition coefficient (Wildman–Crippen LogP) is 5.55. The number of hydrogen-bond donors (Lipinski definition) is 0. The largest absolute Gasteiger partial charge is 0.493 e. The second-order valence-corrected chi connectivity index (χ2v) is 11.5. The number of fused-ring (bicyclic) bond motifs is 1. The molecule has 0 bridgehead atoms. The number of esters is 1. The van der Waals surface area contributed by atoms with Crippen molar-refractivity contribution in [2.24, 2.45) is 4.99 Å². The number of rotatable bonds is 10. The Morgan fingerprint density at radius 3 is 2.53 bits per heavy atom. The standard InChI is InChI=1S/C33H31BrN2O6S/c1-5-40-27-18-25(34)24(17-26(27)39-4)30-29(32(38)41-6-2)20(3)35-33-36(30)31(37)28(43-33)16-22-13-10-14-23(15-22)42-19-21-11-8-7-9-12-21/h7-18,30H,5-6,19H2,1-4H3/b28-16+/t30-/m1/s1. The molecule has 5 rings (SSSR count). The van der Waals surface area contributed by atoms with Crippen molar-refractivity contribution in [1.82, 2.24) is 4.57 Å². The van der Waals surface area contributed by atoms with Gasteiger partial charge in [0.05, 0.1) is 42.2 Å². The van der Waals surface area contributed by atoms with Crippen LogP contribution in [0.5, 0.6) is 17.2 Å². The van der Waals surface area contributed by atoms with E-state index in [1.54, 1.807) is 37.7 Å². The van der Waals surface area contributed by atoms with E-state index < -0.39 is 12.0 Å². The Morgan fingerprint density at radius 1 is 1.02 bits per heavy atom. The molecule has 0 N–H and O–H groups in total. The van der Waals surface area contributed by atoms with E-state index in [0.29, 0.717) is 55.5 Å². The molecule has 2 heterocycles. The molecular weight excluding hydrogens is 632 g/mol. The molecule has 8 nitrogen and oxygen atoms in total.